The molecule has 0 saturated carbocycles. The number of nitrogens with one attached hydrogen (secondary N) is 1. The van der Waals surface area contributed by atoms with Crippen LogP contribution in [0.3, 0.4) is 0 Å². The molecule has 0 aliphatic carbocycles. The van der Waals surface area contributed by atoms with Gasteiger partial charge in [-0.25, -0.2) is 12.7 Å². The Labute approximate surface area is 129 Å². The highest BCUT2D eigenvalue weighted by Crippen LogP contribution is 2.24. The Kier molecular flexibility index (Phi) is 4.94. The number of rotatable bonds is 5. The number of aliphatic hydroxyl groups is 1. The quantitative estimate of drug-likeness (QED) is 0.793. The maximum absolute atomic E-state index is 11.9. The van der Waals surface area contributed by atoms with Crippen LogP contribution in [0.5, 0.6) is 0 Å². The molecule has 1 aliphatic rings. The minimum atomic E-state index is -3.32. The molecule has 1 saturated heterocycles. The van der Waals surface area contributed by atoms with Crippen LogP contribution in [0.25, 0.3) is 0 Å². The molecule has 2 heterocycles. The fraction of sp³-hybridized carbons (Fsp3) is 0.750. The van der Waals surface area contributed by atoms with Crippen molar-refractivity contribution in [3.05, 3.63) is 16.4 Å². The zero-order valence-electron chi connectivity index (χ0n) is 12.4. The average molecular weight is 337 g/mol. The Morgan fingerprint density at radius 1 is 1.48 bits per heavy atom. The molecule has 1 aromatic rings. The summed E-state index contributed by atoms with van der Waals surface area (Å²) < 4.78 is 25.0. The van der Waals surface area contributed by atoms with Crippen molar-refractivity contribution in [2.75, 3.05) is 32.9 Å². The molecular weight excluding hydrogens is 316 g/mol. The van der Waals surface area contributed by atoms with E-state index in [0.29, 0.717) is 24.7 Å². The van der Waals surface area contributed by atoms with Gasteiger partial charge in [-0.15, -0.1) is 0 Å². The topological polar surface area (TPSA) is 89.5 Å². The minimum Gasteiger partial charge on any atom is -0.391 e. The highest BCUT2D eigenvalue weighted by Gasteiger charge is 2.35. The standard InChI is InChI=1S/C12H21ClN4O3S/c1-8-12(13)10(15-14-8)5-17-4-9(11(18)6-17)7-21(19,20)16(2)3/h9,11,18H,4-7H2,1-3H3,(H,14,15)/t9-,11-/m0/s1. The predicted octanol–water partition coefficient (Wildman–Crippen LogP) is 0.0556. The van der Waals surface area contributed by atoms with Crippen molar-refractivity contribution in [2.45, 2.75) is 19.6 Å². The summed E-state index contributed by atoms with van der Waals surface area (Å²) in [4.78, 5) is 1.97. The Balaban J connectivity index is 2.00. The van der Waals surface area contributed by atoms with Gasteiger partial charge in [0.1, 0.15) is 0 Å². The van der Waals surface area contributed by atoms with E-state index in [1.165, 1.54) is 18.4 Å². The summed E-state index contributed by atoms with van der Waals surface area (Å²) >= 11 is 6.12. The number of likely N-dealkylation sites (tertiary alicyclic amines) is 1. The molecule has 9 heteroatoms. The molecule has 21 heavy (non-hydrogen) atoms. The van der Waals surface area contributed by atoms with Gasteiger partial charge in [0.2, 0.25) is 10.0 Å². The van der Waals surface area contributed by atoms with Crippen molar-refractivity contribution >= 4 is 21.6 Å². The van der Waals surface area contributed by atoms with Gasteiger partial charge in [0.05, 0.1) is 28.3 Å². The summed E-state index contributed by atoms with van der Waals surface area (Å²) in [5.41, 5.74) is 1.52. The molecule has 2 N–H and O–H groups in total. The number of aromatic nitrogens is 2. The maximum atomic E-state index is 11.9. The van der Waals surface area contributed by atoms with Gasteiger partial charge >= 0.3 is 0 Å². The highest BCUT2D eigenvalue weighted by molar-refractivity contribution is 7.89. The second kappa shape index (κ2) is 6.21. The number of hydrogen-bond acceptors (Lipinski definition) is 5. The van der Waals surface area contributed by atoms with Crippen molar-refractivity contribution in [1.82, 2.24) is 19.4 Å². The van der Waals surface area contributed by atoms with Crippen LogP contribution in [0.1, 0.15) is 11.4 Å². The van der Waals surface area contributed by atoms with E-state index >= 15 is 0 Å². The van der Waals surface area contributed by atoms with Crippen LogP contribution in [0.2, 0.25) is 5.02 Å². The number of halogens is 1. The molecule has 120 valence electrons. The van der Waals surface area contributed by atoms with Gasteiger partial charge in [-0.2, -0.15) is 5.10 Å². The molecule has 0 spiro atoms. The number of β-amino-alcohol motifs (C(OH)–C–C–N with tert-alkyl or cyclic N) is 1. The van der Waals surface area contributed by atoms with Crippen LogP contribution in [0.4, 0.5) is 0 Å². The van der Waals surface area contributed by atoms with Gasteiger partial charge in [-0.1, -0.05) is 11.6 Å². The lowest BCUT2D eigenvalue weighted by atomic mass is 10.1. The van der Waals surface area contributed by atoms with E-state index in [2.05, 4.69) is 10.2 Å². The number of sulfonamides is 1. The fourth-order valence-corrected chi connectivity index (χ4v) is 3.75. The van der Waals surface area contributed by atoms with E-state index in [0.717, 1.165) is 11.4 Å². The Morgan fingerprint density at radius 2 is 2.14 bits per heavy atom. The number of aliphatic hydroxyl groups excluding tert-OH is 1. The SMILES string of the molecule is Cc1[nH]nc(CN2C[C@@H](CS(=O)(=O)N(C)C)[C@@H](O)C2)c1Cl. The molecule has 0 aromatic carbocycles. The first kappa shape index (κ1) is 16.7. The van der Waals surface area contributed by atoms with Crippen molar-refractivity contribution in [3.8, 4) is 0 Å². The Bertz CT molecular complexity index is 602. The first-order valence-electron chi connectivity index (χ1n) is 6.70. The molecule has 0 radical (unpaired) electrons. The summed E-state index contributed by atoms with van der Waals surface area (Å²) in [5, 5.41) is 17.6. The first-order valence-corrected chi connectivity index (χ1v) is 8.69. The fourth-order valence-electron chi connectivity index (χ4n) is 2.44. The highest BCUT2D eigenvalue weighted by atomic mass is 35.5. The maximum Gasteiger partial charge on any atom is 0.214 e. The molecule has 2 rings (SSSR count). The van der Waals surface area contributed by atoms with Crippen molar-refractivity contribution in [3.63, 3.8) is 0 Å². The molecule has 1 aromatic heterocycles. The Morgan fingerprint density at radius 3 is 2.67 bits per heavy atom. The van der Waals surface area contributed by atoms with Crippen molar-refractivity contribution in [1.29, 1.82) is 0 Å². The number of aromatic amines is 1. The summed E-state index contributed by atoms with van der Waals surface area (Å²) in [5.74, 6) is -0.346. The molecule has 0 amide bonds. The second-order valence-corrected chi connectivity index (χ2v) is 8.30. The third-order valence-electron chi connectivity index (χ3n) is 3.78. The lowest BCUT2D eigenvalue weighted by molar-refractivity contribution is 0.148. The molecule has 0 unspecified atom stereocenters. The van der Waals surface area contributed by atoms with Crippen molar-refractivity contribution in [2.24, 2.45) is 5.92 Å². The summed E-state index contributed by atoms with van der Waals surface area (Å²) in [6.45, 7) is 3.27. The minimum absolute atomic E-state index is 0.0506. The molecule has 7 nitrogen and oxygen atoms in total. The van der Waals surface area contributed by atoms with Crippen LogP contribution < -0.4 is 0 Å². The van der Waals surface area contributed by atoms with Crippen LogP contribution in [-0.2, 0) is 16.6 Å². The average Bonchev–Trinajstić information content (AvgIpc) is 2.87. The zero-order valence-corrected chi connectivity index (χ0v) is 13.9. The van der Waals surface area contributed by atoms with Gasteiger partial charge in [0, 0.05) is 39.6 Å². The number of nitrogens with zero attached hydrogens (tertiary/aromatic N) is 3. The monoisotopic (exact) mass is 336 g/mol. The molecule has 1 fully saturated rings. The number of H-pyrrole nitrogens is 1. The van der Waals surface area contributed by atoms with Crippen LogP contribution in [-0.4, -0.2) is 72.0 Å². The normalized spacial score (nSPS) is 24.1. The van der Waals surface area contributed by atoms with Crippen LogP contribution in [0.15, 0.2) is 0 Å². The van der Waals surface area contributed by atoms with Gasteiger partial charge in [-0.3, -0.25) is 10.00 Å². The Hall–Kier alpha value is -0.670. The third-order valence-corrected chi connectivity index (χ3v) is 6.24. The van der Waals surface area contributed by atoms with Gasteiger partial charge < -0.3 is 5.11 Å². The lowest BCUT2D eigenvalue weighted by Gasteiger charge is -2.17. The van der Waals surface area contributed by atoms with E-state index in [-0.39, 0.29) is 11.7 Å². The predicted molar refractivity (Wildman–Crippen MR) is 80.6 cm³/mol. The second-order valence-electron chi connectivity index (χ2n) is 5.69. The van der Waals surface area contributed by atoms with E-state index in [1.54, 1.807) is 0 Å². The molecule has 2 atom stereocenters. The van der Waals surface area contributed by atoms with Gasteiger partial charge in [0.15, 0.2) is 0 Å². The lowest BCUT2D eigenvalue weighted by Crippen LogP contribution is -2.33. The van der Waals surface area contributed by atoms with E-state index < -0.39 is 16.1 Å². The summed E-state index contributed by atoms with van der Waals surface area (Å²) in [6, 6.07) is 0. The first-order chi connectivity index (χ1) is 9.70. The smallest absolute Gasteiger partial charge is 0.214 e. The third kappa shape index (κ3) is 3.75. The van der Waals surface area contributed by atoms with Crippen LogP contribution >= 0.6 is 11.6 Å². The molecule has 0 bridgehead atoms. The van der Waals surface area contributed by atoms with Crippen molar-refractivity contribution < 1.29 is 13.5 Å². The summed E-state index contributed by atoms with van der Waals surface area (Å²) in [6.07, 6.45) is -0.654. The largest absolute Gasteiger partial charge is 0.391 e. The van der Waals surface area contributed by atoms with Gasteiger partial charge in [-0.05, 0) is 6.92 Å². The van der Waals surface area contributed by atoms with E-state index in [9.17, 15) is 13.5 Å². The van der Waals surface area contributed by atoms with Crippen LogP contribution in [0, 0.1) is 12.8 Å². The number of hydrogen-bond donors (Lipinski definition) is 2. The molecular formula is C12H21ClN4O3S. The molecule has 1 aliphatic heterocycles. The number of aryl methyl sites for hydroxylation is 1. The van der Waals surface area contributed by atoms with E-state index in [1.807, 2.05) is 11.8 Å². The summed E-state index contributed by atoms with van der Waals surface area (Å²) in [7, 11) is -0.315. The zero-order chi connectivity index (χ0) is 15.8. The van der Waals surface area contributed by atoms with Gasteiger partial charge in [0.25, 0.3) is 0 Å². The van der Waals surface area contributed by atoms with E-state index in [4.69, 9.17) is 11.6 Å².